The summed E-state index contributed by atoms with van der Waals surface area (Å²) in [5.41, 5.74) is 0.898. The van der Waals surface area contributed by atoms with Crippen molar-refractivity contribution in [2.45, 2.75) is 6.61 Å². The van der Waals surface area contributed by atoms with Gasteiger partial charge >= 0.3 is 5.69 Å². The maximum absolute atomic E-state index is 13.7. The van der Waals surface area contributed by atoms with Crippen molar-refractivity contribution in [1.29, 1.82) is 0 Å². The van der Waals surface area contributed by atoms with Crippen LogP contribution in [0.2, 0.25) is 0 Å². The van der Waals surface area contributed by atoms with Gasteiger partial charge in [-0.3, -0.25) is 14.9 Å². The average Bonchev–Trinajstić information content (AvgIpc) is 3.39. The largest absolute Gasteiger partial charge is 0.481 e. The molecular weight excluding hydrogens is 675 g/mol. The molecule has 208 valence electrons. The quantitative estimate of drug-likeness (QED) is 0.0958. The van der Waals surface area contributed by atoms with Gasteiger partial charge in [0.1, 0.15) is 18.0 Å². The number of hydrogen-bond donors (Lipinski definition) is 0. The highest BCUT2D eigenvalue weighted by Gasteiger charge is 2.22. The fourth-order valence-corrected chi connectivity index (χ4v) is 5.25. The number of rotatable bonds is 7. The van der Waals surface area contributed by atoms with Crippen LogP contribution in [0.3, 0.4) is 0 Å². The molecule has 0 unspecified atom stereocenters. The lowest BCUT2D eigenvalue weighted by atomic mass is 10.2. The summed E-state index contributed by atoms with van der Waals surface area (Å²) in [6.45, 7) is -0.141. The van der Waals surface area contributed by atoms with Crippen LogP contribution in [0.1, 0.15) is 11.1 Å². The molecule has 0 fully saturated rings. The van der Waals surface area contributed by atoms with Crippen molar-refractivity contribution in [2.75, 3.05) is 0 Å². The number of nitro groups is 1. The summed E-state index contributed by atoms with van der Waals surface area (Å²) in [5.74, 6) is -0.134. The third-order valence-corrected chi connectivity index (χ3v) is 7.25. The number of para-hydroxylation sites is 1. The maximum Gasteiger partial charge on any atom is 0.312 e. The molecule has 6 rings (SSSR count). The maximum atomic E-state index is 13.7. The molecule has 12 heteroatoms. The number of ether oxygens (including phenoxy) is 1. The molecule has 0 bridgehead atoms. The van der Waals surface area contributed by atoms with E-state index in [1.807, 2.05) is 12.1 Å². The second kappa shape index (κ2) is 11.3. The molecule has 2 aromatic heterocycles. The molecule has 0 aliphatic rings. The molecule has 0 aliphatic carbocycles. The Kier molecular flexibility index (Phi) is 7.40. The molecule has 0 saturated carbocycles. The minimum Gasteiger partial charge on any atom is -0.481 e. The van der Waals surface area contributed by atoms with E-state index in [2.05, 4.69) is 41.9 Å². The first-order valence-electron chi connectivity index (χ1n) is 12.4. The number of aromatic nitrogens is 2. The lowest BCUT2D eigenvalue weighted by Crippen LogP contribution is -2.20. The number of hydrogen-bond acceptors (Lipinski definition) is 7. The van der Waals surface area contributed by atoms with Crippen LogP contribution >= 0.6 is 31.9 Å². The summed E-state index contributed by atoms with van der Waals surface area (Å²) in [7, 11) is 0. The van der Waals surface area contributed by atoms with E-state index in [1.54, 1.807) is 48.5 Å². The first-order chi connectivity index (χ1) is 20.3. The van der Waals surface area contributed by atoms with Crippen LogP contribution in [0.15, 0.2) is 108 Å². The minimum atomic E-state index is -0.593. The van der Waals surface area contributed by atoms with Crippen LogP contribution in [-0.2, 0) is 6.61 Å². The van der Waals surface area contributed by atoms with Crippen molar-refractivity contribution in [3.63, 3.8) is 0 Å². The number of nitro benzene ring substituents is 1. The van der Waals surface area contributed by atoms with Crippen molar-refractivity contribution in [1.82, 2.24) is 9.66 Å². The van der Waals surface area contributed by atoms with Crippen molar-refractivity contribution in [2.24, 2.45) is 5.10 Å². The molecule has 0 aliphatic heterocycles. The standard InChI is InChI=1S/C30H17Br2FN4O5/c31-20-8-9-26-18(11-20)13-27(42-26)29-35-24-7-2-1-6-23(24)30(38)36(29)34-15-19-12-21(32)14-25(37(39)40)28(19)41-16-17-4-3-5-22(33)10-17/h1-15H,16H2. The van der Waals surface area contributed by atoms with Gasteiger partial charge in [-0.2, -0.15) is 9.78 Å². The van der Waals surface area contributed by atoms with E-state index < -0.39 is 16.3 Å². The molecule has 2 heterocycles. The molecule has 9 nitrogen and oxygen atoms in total. The second-order valence-corrected chi connectivity index (χ2v) is 11.0. The molecule has 4 aromatic carbocycles. The van der Waals surface area contributed by atoms with Gasteiger partial charge in [0.15, 0.2) is 5.76 Å². The summed E-state index contributed by atoms with van der Waals surface area (Å²) in [4.78, 5) is 29.7. The van der Waals surface area contributed by atoms with Crippen molar-refractivity contribution in [3.05, 3.63) is 131 Å². The van der Waals surface area contributed by atoms with Crippen LogP contribution < -0.4 is 10.3 Å². The summed E-state index contributed by atoms with van der Waals surface area (Å²) in [5, 5.41) is 17.5. The lowest BCUT2D eigenvalue weighted by molar-refractivity contribution is -0.386. The summed E-state index contributed by atoms with van der Waals surface area (Å²) < 4.78 is 27.9. The second-order valence-electron chi connectivity index (χ2n) is 9.13. The highest BCUT2D eigenvalue weighted by molar-refractivity contribution is 9.10. The summed E-state index contributed by atoms with van der Waals surface area (Å²) >= 11 is 6.75. The highest BCUT2D eigenvalue weighted by atomic mass is 79.9. The van der Waals surface area contributed by atoms with Gasteiger partial charge in [-0.25, -0.2) is 9.37 Å². The van der Waals surface area contributed by atoms with E-state index in [9.17, 15) is 19.3 Å². The lowest BCUT2D eigenvalue weighted by Gasteiger charge is -2.11. The Hall–Kier alpha value is -4.68. The van der Waals surface area contributed by atoms with E-state index in [0.717, 1.165) is 14.5 Å². The normalized spacial score (nSPS) is 11.5. The first-order valence-corrected chi connectivity index (χ1v) is 14.0. The van der Waals surface area contributed by atoms with E-state index in [0.29, 0.717) is 32.3 Å². The molecule has 6 aromatic rings. The van der Waals surface area contributed by atoms with Crippen LogP contribution in [-0.4, -0.2) is 20.8 Å². The Morgan fingerprint density at radius 3 is 2.67 bits per heavy atom. The molecule has 0 amide bonds. The van der Waals surface area contributed by atoms with Crippen LogP contribution in [0.25, 0.3) is 33.5 Å². The summed E-state index contributed by atoms with van der Waals surface area (Å²) in [6.07, 6.45) is 1.28. The van der Waals surface area contributed by atoms with Gasteiger partial charge in [-0.1, -0.05) is 56.1 Å². The Morgan fingerprint density at radius 2 is 1.86 bits per heavy atom. The molecular formula is C30H17Br2FN4O5. The predicted molar refractivity (Wildman–Crippen MR) is 163 cm³/mol. The number of nitrogens with zero attached hydrogens (tertiary/aromatic N) is 4. The smallest absolute Gasteiger partial charge is 0.312 e. The number of furan rings is 1. The third kappa shape index (κ3) is 5.46. The van der Waals surface area contributed by atoms with Gasteiger partial charge in [0, 0.05) is 26.0 Å². The molecule has 42 heavy (non-hydrogen) atoms. The van der Waals surface area contributed by atoms with Crippen molar-refractivity contribution in [3.8, 4) is 17.3 Å². The minimum absolute atomic E-state index is 0.104. The van der Waals surface area contributed by atoms with E-state index in [1.165, 1.54) is 30.5 Å². The van der Waals surface area contributed by atoms with Gasteiger partial charge in [0.25, 0.3) is 5.56 Å². The Labute approximate surface area is 253 Å². The first kappa shape index (κ1) is 27.5. The van der Waals surface area contributed by atoms with Gasteiger partial charge in [-0.05, 0) is 60.2 Å². The monoisotopic (exact) mass is 690 g/mol. The van der Waals surface area contributed by atoms with Gasteiger partial charge < -0.3 is 9.15 Å². The molecule has 0 atom stereocenters. The van der Waals surface area contributed by atoms with Gasteiger partial charge in [0.05, 0.1) is 22.0 Å². The zero-order valence-electron chi connectivity index (χ0n) is 21.3. The Balaban J connectivity index is 1.50. The average molecular weight is 692 g/mol. The van der Waals surface area contributed by atoms with Crippen molar-refractivity contribution < 1.29 is 18.5 Å². The van der Waals surface area contributed by atoms with Crippen LogP contribution in [0.5, 0.6) is 5.75 Å². The highest BCUT2D eigenvalue weighted by Crippen LogP contribution is 2.35. The molecule has 0 radical (unpaired) electrons. The Morgan fingerprint density at radius 1 is 1.02 bits per heavy atom. The zero-order chi connectivity index (χ0) is 29.4. The van der Waals surface area contributed by atoms with Crippen molar-refractivity contribution >= 4 is 65.6 Å². The molecule has 0 saturated heterocycles. The number of fused-ring (bicyclic) bond motifs is 2. The SMILES string of the molecule is O=c1c2ccccc2nc(-c2cc3cc(Br)ccc3o2)n1N=Cc1cc(Br)cc([N+](=O)[O-])c1OCc1cccc(F)c1. The third-order valence-electron chi connectivity index (χ3n) is 6.30. The van der Waals surface area contributed by atoms with E-state index in [-0.39, 0.29) is 29.4 Å². The van der Waals surface area contributed by atoms with Crippen LogP contribution in [0, 0.1) is 15.9 Å². The molecule has 0 spiro atoms. The Bertz CT molecular complexity index is 2110. The number of benzene rings is 4. The van der Waals surface area contributed by atoms with Gasteiger partial charge in [0.2, 0.25) is 11.6 Å². The number of halogens is 3. The predicted octanol–water partition coefficient (Wildman–Crippen LogP) is 7.84. The zero-order valence-corrected chi connectivity index (χ0v) is 24.5. The fourth-order valence-electron chi connectivity index (χ4n) is 4.41. The van der Waals surface area contributed by atoms with Gasteiger partial charge in [-0.15, -0.1) is 0 Å². The van der Waals surface area contributed by atoms with E-state index >= 15 is 0 Å². The molecule has 0 N–H and O–H groups in total. The topological polar surface area (TPSA) is 113 Å². The van der Waals surface area contributed by atoms with Crippen LogP contribution in [0.4, 0.5) is 10.1 Å². The van der Waals surface area contributed by atoms with E-state index in [4.69, 9.17) is 9.15 Å². The fraction of sp³-hybridized carbons (Fsp3) is 0.0333. The summed E-state index contributed by atoms with van der Waals surface area (Å²) in [6, 6.07) is 22.7.